The number of rotatable bonds is 5. The lowest BCUT2D eigenvalue weighted by atomic mass is 10.1. The first-order valence-corrected chi connectivity index (χ1v) is 9.24. The number of nitrogens with zero attached hydrogens (tertiary/aromatic N) is 1. The zero-order valence-corrected chi connectivity index (χ0v) is 15.7. The summed E-state index contributed by atoms with van der Waals surface area (Å²) in [6, 6.07) is 16.3. The van der Waals surface area contributed by atoms with Gasteiger partial charge in [-0.15, -0.1) is 0 Å². The van der Waals surface area contributed by atoms with Gasteiger partial charge in [0.2, 0.25) is 0 Å². The molecule has 3 aromatic rings. The van der Waals surface area contributed by atoms with Gasteiger partial charge in [-0.1, -0.05) is 30.3 Å². The van der Waals surface area contributed by atoms with E-state index in [0.717, 1.165) is 22.6 Å². The van der Waals surface area contributed by atoms with Crippen LogP contribution >= 0.6 is 0 Å². The van der Waals surface area contributed by atoms with Gasteiger partial charge in [0.05, 0.1) is 11.1 Å². The molecule has 1 N–H and O–H groups in total. The van der Waals surface area contributed by atoms with Crippen LogP contribution in [0, 0.1) is 11.6 Å². The van der Waals surface area contributed by atoms with Gasteiger partial charge in [0.1, 0.15) is 11.6 Å². The number of halogens is 2. The molecule has 0 saturated carbocycles. The zero-order valence-electron chi connectivity index (χ0n) is 15.7. The van der Waals surface area contributed by atoms with E-state index in [1.807, 2.05) is 30.3 Å². The van der Waals surface area contributed by atoms with Crippen LogP contribution in [0.1, 0.15) is 36.6 Å². The van der Waals surface area contributed by atoms with Crippen LogP contribution in [0.25, 0.3) is 0 Å². The maximum absolute atomic E-state index is 13.3. The van der Waals surface area contributed by atoms with Crippen LogP contribution in [0.2, 0.25) is 0 Å². The normalized spacial score (nSPS) is 12.8. The first-order valence-electron chi connectivity index (χ1n) is 9.24. The predicted molar refractivity (Wildman–Crippen MR) is 106 cm³/mol. The molecule has 5 nitrogen and oxygen atoms in total. The van der Waals surface area contributed by atoms with E-state index in [4.69, 9.17) is 0 Å². The Labute approximate surface area is 170 Å². The first kappa shape index (κ1) is 19.4. The molecule has 7 heteroatoms. The number of carbonyl (C=O) groups excluding carboxylic acids is 3. The molecule has 0 atom stereocenters. The van der Waals surface area contributed by atoms with Crippen molar-refractivity contribution < 1.29 is 23.2 Å². The Morgan fingerprint density at radius 1 is 0.833 bits per heavy atom. The molecule has 4 rings (SSSR count). The highest BCUT2D eigenvalue weighted by Crippen LogP contribution is 2.25. The fourth-order valence-corrected chi connectivity index (χ4v) is 3.35. The second-order valence-corrected chi connectivity index (χ2v) is 6.87. The maximum Gasteiger partial charge on any atom is 0.261 e. The molecule has 1 aliphatic rings. The van der Waals surface area contributed by atoms with Crippen molar-refractivity contribution >= 4 is 23.4 Å². The Kier molecular flexibility index (Phi) is 5.10. The van der Waals surface area contributed by atoms with Crippen LogP contribution in [0.15, 0.2) is 66.7 Å². The fourth-order valence-electron chi connectivity index (χ4n) is 3.35. The Bertz CT molecular complexity index is 1140. The van der Waals surface area contributed by atoms with Crippen molar-refractivity contribution in [2.75, 3.05) is 11.9 Å². The maximum atomic E-state index is 13.3. The summed E-state index contributed by atoms with van der Waals surface area (Å²) in [5, 5.41) is 2.39. The summed E-state index contributed by atoms with van der Waals surface area (Å²) in [6.07, 6.45) is 0.519. The van der Waals surface area contributed by atoms with E-state index >= 15 is 0 Å². The number of hydrogen-bond acceptors (Lipinski definition) is 3. The number of imide groups is 1. The standard InChI is InChI=1S/C23H16F2N2O3/c24-16-11-17(25)13-18(12-16)26-21(28)15-6-7-19-20(10-15)23(30)27(22(19)29)9-8-14-4-2-1-3-5-14/h1-7,10-13H,8-9H2,(H,26,28). The molecular formula is C23H16F2N2O3. The van der Waals surface area contributed by atoms with E-state index in [1.165, 1.54) is 18.2 Å². The van der Waals surface area contributed by atoms with Crippen molar-refractivity contribution in [3.63, 3.8) is 0 Å². The third kappa shape index (κ3) is 3.82. The van der Waals surface area contributed by atoms with E-state index in [-0.39, 0.29) is 28.9 Å². The largest absolute Gasteiger partial charge is 0.322 e. The molecule has 0 spiro atoms. The molecule has 150 valence electrons. The van der Waals surface area contributed by atoms with Gasteiger partial charge in [-0.25, -0.2) is 8.78 Å². The molecule has 0 aliphatic carbocycles. The number of benzene rings is 3. The first-order chi connectivity index (χ1) is 14.4. The summed E-state index contributed by atoms with van der Waals surface area (Å²) in [7, 11) is 0. The molecule has 3 amide bonds. The van der Waals surface area contributed by atoms with Crippen molar-refractivity contribution in [1.29, 1.82) is 0 Å². The molecule has 3 aromatic carbocycles. The number of anilines is 1. The zero-order chi connectivity index (χ0) is 21.3. The van der Waals surface area contributed by atoms with Crippen LogP contribution in [-0.2, 0) is 6.42 Å². The van der Waals surface area contributed by atoms with E-state index in [1.54, 1.807) is 0 Å². The topological polar surface area (TPSA) is 66.5 Å². The third-order valence-corrected chi connectivity index (χ3v) is 4.82. The summed E-state index contributed by atoms with van der Waals surface area (Å²) in [5.74, 6) is -3.18. The molecule has 0 fully saturated rings. The van der Waals surface area contributed by atoms with Crippen molar-refractivity contribution in [2.24, 2.45) is 0 Å². The van der Waals surface area contributed by atoms with Crippen molar-refractivity contribution in [3.8, 4) is 0 Å². The SMILES string of the molecule is O=C(Nc1cc(F)cc(F)c1)c1ccc2c(c1)C(=O)N(CCc1ccccc1)C2=O. The van der Waals surface area contributed by atoms with E-state index < -0.39 is 29.4 Å². The lowest BCUT2D eigenvalue weighted by Crippen LogP contribution is -2.31. The molecule has 0 radical (unpaired) electrons. The highest BCUT2D eigenvalue weighted by atomic mass is 19.1. The highest BCUT2D eigenvalue weighted by molar-refractivity contribution is 6.22. The predicted octanol–water partition coefficient (Wildman–Crippen LogP) is 4.06. The van der Waals surface area contributed by atoms with Crippen LogP contribution in [0.3, 0.4) is 0 Å². The minimum atomic E-state index is -0.825. The molecule has 0 bridgehead atoms. The van der Waals surface area contributed by atoms with Gasteiger partial charge >= 0.3 is 0 Å². The summed E-state index contributed by atoms with van der Waals surface area (Å²) >= 11 is 0. The highest BCUT2D eigenvalue weighted by Gasteiger charge is 2.35. The molecule has 0 aromatic heterocycles. The molecule has 1 heterocycles. The van der Waals surface area contributed by atoms with Gasteiger partial charge in [-0.3, -0.25) is 19.3 Å². The van der Waals surface area contributed by atoms with Gasteiger partial charge < -0.3 is 5.32 Å². The van der Waals surface area contributed by atoms with Crippen LogP contribution in [-0.4, -0.2) is 29.2 Å². The smallest absolute Gasteiger partial charge is 0.261 e. The van der Waals surface area contributed by atoms with Gasteiger partial charge in [-0.2, -0.15) is 0 Å². The molecular weight excluding hydrogens is 390 g/mol. The Balaban J connectivity index is 1.51. The van der Waals surface area contributed by atoms with Crippen molar-refractivity contribution in [3.05, 3.63) is 101 Å². The second-order valence-electron chi connectivity index (χ2n) is 6.87. The Morgan fingerprint density at radius 3 is 2.20 bits per heavy atom. The lowest BCUT2D eigenvalue weighted by Gasteiger charge is -2.13. The molecule has 0 saturated heterocycles. The minimum absolute atomic E-state index is 0.0510. The summed E-state index contributed by atoms with van der Waals surface area (Å²) in [5.41, 5.74) is 1.40. The van der Waals surface area contributed by atoms with E-state index in [0.29, 0.717) is 12.5 Å². The Hall–Kier alpha value is -3.87. The van der Waals surface area contributed by atoms with Gasteiger partial charge in [0, 0.05) is 23.9 Å². The average molecular weight is 406 g/mol. The van der Waals surface area contributed by atoms with E-state index in [9.17, 15) is 23.2 Å². The van der Waals surface area contributed by atoms with Gasteiger partial charge in [0.15, 0.2) is 0 Å². The number of amides is 3. The van der Waals surface area contributed by atoms with E-state index in [2.05, 4.69) is 5.32 Å². The fraction of sp³-hybridized carbons (Fsp3) is 0.0870. The average Bonchev–Trinajstić information content (AvgIpc) is 2.96. The number of fused-ring (bicyclic) bond motifs is 1. The van der Waals surface area contributed by atoms with Gasteiger partial charge in [0.25, 0.3) is 17.7 Å². The van der Waals surface area contributed by atoms with Crippen LogP contribution in [0.4, 0.5) is 14.5 Å². The van der Waals surface area contributed by atoms with Crippen molar-refractivity contribution in [2.45, 2.75) is 6.42 Å². The van der Waals surface area contributed by atoms with Crippen molar-refractivity contribution in [1.82, 2.24) is 4.90 Å². The quantitative estimate of drug-likeness (QED) is 0.650. The monoisotopic (exact) mass is 406 g/mol. The second kappa shape index (κ2) is 7.87. The number of nitrogens with one attached hydrogen (secondary N) is 1. The lowest BCUT2D eigenvalue weighted by molar-refractivity contribution is 0.0656. The summed E-state index contributed by atoms with van der Waals surface area (Å²) < 4.78 is 26.6. The van der Waals surface area contributed by atoms with Crippen LogP contribution in [0.5, 0.6) is 0 Å². The molecule has 0 unspecified atom stereocenters. The molecule has 1 aliphatic heterocycles. The third-order valence-electron chi connectivity index (χ3n) is 4.82. The summed E-state index contributed by atoms with van der Waals surface area (Å²) in [6.45, 7) is 0.223. The summed E-state index contributed by atoms with van der Waals surface area (Å²) in [4.78, 5) is 38.9. The number of carbonyl (C=O) groups is 3. The minimum Gasteiger partial charge on any atom is -0.322 e. The van der Waals surface area contributed by atoms with Crippen LogP contribution < -0.4 is 5.32 Å². The van der Waals surface area contributed by atoms with Gasteiger partial charge in [-0.05, 0) is 42.3 Å². The Morgan fingerprint density at radius 2 is 1.50 bits per heavy atom. The number of hydrogen-bond donors (Lipinski definition) is 1. The molecule has 30 heavy (non-hydrogen) atoms.